The van der Waals surface area contributed by atoms with Crippen LogP contribution in [0.15, 0.2) is 35.1 Å². The van der Waals surface area contributed by atoms with Crippen LogP contribution in [0.4, 0.5) is 17.1 Å². The number of carbonyl (C=O) groups is 2. The van der Waals surface area contributed by atoms with E-state index in [1.54, 1.807) is 30.3 Å². The molecule has 1 aromatic carbocycles. The van der Waals surface area contributed by atoms with Crippen LogP contribution in [-0.2, 0) is 4.74 Å². The van der Waals surface area contributed by atoms with Crippen LogP contribution in [0.3, 0.4) is 0 Å². The van der Waals surface area contributed by atoms with E-state index < -0.39 is 4.92 Å². The van der Waals surface area contributed by atoms with Crippen molar-refractivity contribution in [3.8, 4) is 0 Å². The molecular weight excluding hydrogens is 544 g/mol. The van der Waals surface area contributed by atoms with E-state index in [-0.39, 0.29) is 46.9 Å². The van der Waals surface area contributed by atoms with E-state index in [1.807, 2.05) is 6.92 Å². The Morgan fingerprint density at radius 2 is 1.95 bits per heavy atom. The number of nitro benzene ring substituents is 1. The van der Waals surface area contributed by atoms with Gasteiger partial charge in [-0.15, -0.1) is 0 Å². The number of hydrogen-bond acceptors (Lipinski definition) is 8. The number of pyridine rings is 1. The van der Waals surface area contributed by atoms with E-state index in [9.17, 15) is 19.7 Å². The van der Waals surface area contributed by atoms with Gasteiger partial charge in [-0.3, -0.25) is 24.7 Å². The molecule has 11 nitrogen and oxygen atoms in total. The first-order valence-corrected chi connectivity index (χ1v) is 13.1. The summed E-state index contributed by atoms with van der Waals surface area (Å²) in [6.45, 7) is 3.11. The van der Waals surface area contributed by atoms with Gasteiger partial charge in [-0.2, -0.15) is 0 Å². The lowest BCUT2D eigenvalue weighted by atomic mass is 9.89. The van der Waals surface area contributed by atoms with E-state index in [0.717, 1.165) is 18.5 Å². The zero-order chi connectivity index (χ0) is 26.5. The predicted octanol–water partition coefficient (Wildman–Crippen LogP) is 3.81. The molecule has 0 radical (unpaired) electrons. The van der Waals surface area contributed by atoms with E-state index in [1.165, 1.54) is 12.3 Å². The largest absolute Gasteiger partial charge is 0.387 e. The number of carbonyl (C=O) groups excluding carboxylic acids is 2. The summed E-state index contributed by atoms with van der Waals surface area (Å²) in [5, 5.41) is 21.4. The first kappa shape index (κ1) is 26.8. The average molecular weight is 575 g/mol. The van der Waals surface area contributed by atoms with E-state index in [4.69, 9.17) is 4.74 Å². The lowest BCUT2D eigenvalue weighted by Gasteiger charge is -2.35. The van der Waals surface area contributed by atoms with Gasteiger partial charge in [0, 0.05) is 55.2 Å². The number of anilines is 2. The third kappa shape index (κ3) is 6.37. The Labute approximate surface area is 223 Å². The number of amides is 2. The molecule has 2 amide bonds. The maximum Gasteiger partial charge on any atom is 0.294 e. The molecule has 3 N–H and O–H groups in total. The summed E-state index contributed by atoms with van der Waals surface area (Å²) in [5.41, 5.74) is 1.33. The fourth-order valence-electron chi connectivity index (χ4n) is 4.84. The van der Waals surface area contributed by atoms with Crippen molar-refractivity contribution in [1.82, 2.24) is 15.2 Å². The van der Waals surface area contributed by atoms with Gasteiger partial charge in [-0.05, 0) is 31.9 Å². The van der Waals surface area contributed by atoms with Crippen molar-refractivity contribution in [2.75, 3.05) is 37.4 Å². The first-order chi connectivity index (χ1) is 17.8. The highest BCUT2D eigenvalue weighted by molar-refractivity contribution is 9.10. The van der Waals surface area contributed by atoms with Crippen LogP contribution >= 0.6 is 15.9 Å². The van der Waals surface area contributed by atoms with Gasteiger partial charge >= 0.3 is 0 Å². The molecule has 2 fully saturated rings. The van der Waals surface area contributed by atoms with Crippen molar-refractivity contribution < 1.29 is 19.2 Å². The molecule has 0 unspecified atom stereocenters. The Morgan fingerprint density at radius 1 is 1.19 bits per heavy atom. The van der Waals surface area contributed by atoms with Crippen LogP contribution in [0.25, 0.3) is 0 Å². The zero-order valence-electron chi connectivity index (χ0n) is 20.8. The summed E-state index contributed by atoms with van der Waals surface area (Å²) in [7, 11) is 1.75. The number of ether oxygens (including phenoxy) is 1. The molecule has 37 heavy (non-hydrogen) atoms. The van der Waals surface area contributed by atoms with Crippen LogP contribution in [0.2, 0.25) is 0 Å². The van der Waals surface area contributed by atoms with Gasteiger partial charge in [0.25, 0.3) is 17.5 Å². The monoisotopic (exact) mass is 574 g/mol. The highest BCUT2D eigenvalue weighted by Crippen LogP contribution is 2.36. The molecule has 12 heteroatoms. The van der Waals surface area contributed by atoms with E-state index in [2.05, 4.69) is 36.9 Å². The standard InChI is InChI=1S/C25H31BrN6O5/c1-15-14-31(7-8-37-15)25(34)19-10-17(26)11-22(32(35)36)23(19)29-20-5-3-4-6-21(20)30-24(33)16-9-18(27-2)13-28-12-16/h9-13,15,20-21,27,29H,3-8,14H2,1-2H3,(H,30,33)/t15-,20-,21+/m1/s1. The number of nitrogens with one attached hydrogen (secondary N) is 3. The lowest BCUT2D eigenvalue weighted by molar-refractivity contribution is -0.384. The van der Waals surface area contributed by atoms with Crippen molar-refractivity contribution in [2.24, 2.45) is 0 Å². The van der Waals surface area contributed by atoms with Crippen LogP contribution in [0.5, 0.6) is 0 Å². The van der Waals surface area contributed by atoms with Crippen molar-refractivity contribution in [2.45, 2.75) is 50.8 Å². The number of nitrogens with zero attached hydrogens (tertiary/aromatic N) is 3. The molecule has 0 bridgehead atoms. The van der Waals surface area contributed by atoms with Gasteiger partial charge in [0.05, 0.1) is 34.4 Å². The number of nitro groups is 1. The second-order valence-corrected chi connectivity index (χ2v) is 10.3. The van der Waals surface area contributed by atoms with Crippen molar-refractivity contribution in [3.05, 3.63) is 56.3 Å². The fourth-order valence-corrected chi connectivity index (χ4v) is 5.29. The van der Waals surface area contributed by atoms with Crippen LogP contribution in [0, 0.1) is 10.1 Å². The summed E-state index contributed by atoms with van der Waals surface area (Å²) in [4.78, 5) is 43.9. The maximum atomic E-state index is 13.5. The minimum absolute atomic E-state index is 0.120. The number of halogens is 1. The molecule has 3 atom stereocenters. The Balaban J connectivity index is 1.62. The smallest absolute Gasteiger partial charge is 0.294 e. The quantitative estimate of drug-likeness (QED) is 0.335. The number of aromatic nitrogens is 1. The molecule has 1 aromatic heterocycles. The summed E-state index contributed by atoms with van der Waals surface area (Å²) in [6.07, 6.45) is 6.22. The molecule has 1 aliphatic carbocycles. The zero-order valence-corrected chi connectivity index (χ0v) is 22.4. The van der Waals surface area contributed by atoms with Gasteiger partial charge in [0.15, 0.2) is 0 Å². The SMILES string of the molecule is CNc1cncc(C(=O)N[C@H]2CCCC[C@H]2Nc2c(C(=O)N3CCO[C@H](C)C3)cc(Br)cc2[N+](=O)[O-])c1. The lowest BCUT2D eigenvalue weighted by Crippen LogP contribution is -2.49. The topological polar surface area (TPSA) is 139 Å². The molecule has 1 aliphatic heterocycles. The second-order valence-electron chi connectivity index (χ2n) is 9.36. The third-order valence-corrected chi connectivity index (χ3v) is 7.20. The molecule has 1 saturated heterocycles. The van der Waals surface area contributed by atoms with Gasteiger partial charge in [-0.1, -0.05) is 28.8 Å². The molecule has 1 saturated carbocycles. The highest BCUT2D eigenvalue weighted by atomic mass is 79.9. The number of hydrogen-bond donors (Lipinski definition) is 3. The first-order valence-electron chi connectivity index (χ1n) is 12.4. The summed E-state index contributed by atoms with van der Waals surface area (Å²) < 4.78 is 6.00. The van der Waals surface area contributed by atoms with Gasteiger partial charge in [0.1, 0.15) is 5.69 Å². The van der Waals surface area contributed by atoms with Gasteiger partial charge < -0.3 is 25.6 Å². The Morgan fingerprint density at radius 3 is 2.65 bits per heavy atom. The number of rotatable bonds is 7. The second kappa shape index (κ2) is 11.9. The Hall–Kier alpha value is -3.25. The van der Waals surface area contributed by atoms with Gasteiger partial charge in [0.2, 0.25) is 0 Å². The number of benzene rings is 1. The van der Waals surface area contributed by atoms with Crippen molar-refractivity contribution in [1.29, 1.82) is 0 Å². The molecule has 0 spiro atoms. The molecule has 2 aromatic rings. The third-order valence-electron chi connectivity index (χ3n) is 6.74. The fraction of sp³-hybridized carbons (Fsp3) is 0.480. The highest BCUT2D eigenvalue weighted by Gasteiger charge is 2.33. The Kier molecular flexibility index (Phi) is 8.59. The van der Waals surface area contributed by atoms with Crippen LogP contribution < -0.4 is 16.0 Å². The summed E-state index contributed by atoms with van der Waals surface area (Å²) >= 11 is 3.33. The number of morpholine rings is 1. The maximum absolute atomic E-state index is 13.5. The Bertz CT molecular complexity index is 1180. The summed E-state index contributed by atoms with van der Waals surface area (Å²) in [6, 6.07) is 4.14. The normalized spacial score (nSPS) is 21.7. The van der Waals surface area contributed by atoms with Crippen molar-refractivity contribution >= 4 is 44.8 Å². The van der Waals surface area contributed by atoms with Crippen molar-refractivity contribution in [3.63, 3.8) is 0 Å². The van der Waals surface area contributed by atoms with E-state index >= 15 is 0 Å². The molecule has 2 heterocycles. The van der Waals surface area contributed by atoms with E-state index in [0.29, 0.717) is 42.6 Å². The van der Waals surface area contributed by atoms with Gasteiger partial charge in [-0.25, -0.2) is 0 Å². The predicted molar refractivity (Wildman–Crippen MR) is 143 cm³/mol. The minimum Gasteiger partial charge on any atom is -0.387 e. The molecule has 4 rings (SSSR count). The minimum atomic E-state index is -0.489. The average Bonchev–Trinajstić information content (AvgIpc) is 2.89. The molecule has 2 aliphatic rings. The summed E-state index contributed by atoms with van der Waals surface area (Å²) in [5.74, 6) is -0.569. The van der Waals surface area contributed by atoms with Crippen LogP contribution in [-0.4, -0.2) is 71.6 Å². The molecular formula is C25H31BrN6O5. The van der Waals surface area contributed by atoms with Crippen LogP contribution in [0.1, 0.15) is 53.3 Å². The molecule has 198 valence electrons.